The molecule has 2 N–H and O–H groups in total. The summed E-state index contributed by atoms with van der Waals surface area (Å²) in [6, 6.07) is 7.18. The summed E-state index contributed by atoms with van der Waals surface area (Å²) in [6.07, 6.45) is 1.30. The Hall–Kier alpha value is -1.84. The fourth-order valence-corrected chi connectivity index (χ4v) is 1.46. The molecule has 0 aliphatic rings. The van der Waals surface area contributed by atoms with E-state index in [1.54, 1.807) is 12.1 Å². The number of rotatable bonds is 5. The van der Waals surface area contributed by atoms with E-state index in [1.807, 2.05) is 19.1 Å². The van der Waals surface area contributed by atoms with Gasteiger partial charge in [-0.25, -0.2) is 4.79 Å². The van der Waals surface area contributed by atoms with Gasteiger partial charge in [-0.2, -0.15) is 0 Å². The number of aryl methyl sites for hydroxylation is 1. The number of benzene rings is 1. The normalized spacial score (nSPS) is 13.9. The molecule has 1 atom stereocenters. The number of hydrogen-bond acceptors (Lipinski definition) is 2. The lowest BCUT2D eigenvalue weighted by Crippen LogP contribution is -2.45. The Morgan fingerprint density at radius 1 is 1.44 bits per heavy atom. The van der Waals surface area contributed by atoms with Gasteiger partial charge >= 0.3 is 5.97 Å². The molecule has 1 aromatic rings. The van der Waals surface area contributed by atoms with Gasteiger partial charge in [0.25, 0.3) is 0 Å². The lowest BCUT2D eigenvalue weighted by molar-refractivity contribution is -0.145. The fraction of sp³-hybridized carbons (Fsp3) is 0.333. The first kappa shape index (κ1) is 12.2. The quantitative estimate of drug-likeness (QED) is 0.736. The minimum atomic E-state index is -1.37. The molecule has 0 fully saturated rings. The van der Waals surface area contributed by atoms with Gasteiger partial charge in [0.1, 0.15) is 0 Å². The highest BCUT2D eigenvalue weighted by Gasteiger charge is 2.34. The van der Waals surface area contributed by atoms with E-state index < -0.39 is 11.5 Å². The van der Waals surface area contributed by atoms with Gasteiger partial charge < -0.3 is 10.4 Å². The van der Waals surface area contributed by atoms with Gasteiger partial charge in [-0.05, 0) is 24.5 Å². The minimum Gasteiger partial charge on any atom is -0.479 e. The second-order valence-corrected chi connectivity index (χ2v) is 3.74. The molecule has 0 saturated heterocycles. The zero-order chi connectivity index (χ0) is 12.2. The summed E-state index contributed by atoms with van der Waals surface area (Å²) in [5.41, 5.74) is 0.320. The highest BCUT2D eigenvalue weighted by molar-refractivity contribution is 5.82. The molecule has 0 aromatic heterocycles. The molecule has 0 heterocycles. The van der Waals surface area contributed by atoms with Crippen molar-refractivity contribution in [2.24, 2.45) is 0 Å². The van der Waals surface area contributed by atoms with Crippen LogP contribution in [-0.4, -0.2) is 17.5 Å². The summed E-state index contributed by atoms with van der Waals surface area (Å²) in [6.45, 7) is 3.49. The molecule has 86 valence electrons. The number of aliphatic carboxylic acids is 1. The van der Waals surface area contributed by atoms with Crippen molar-refractivity contribution in [3.05, 3.63) is 35.4 Å². The van der Waals surface area contributed by atoms with Gasteiger partial charge in [-0.3, -0.25) is 4.79 Å². The first-order valence-electron chi connectivity index (χ1n) is 5.08. The zero-order valence-electron chi connectivity index (χ0n) is 9.36. The van der Waals surface area contributed by atoms with Crippen molar-refractivity contribution >= 4 is 12.4 Å². The maximum atomic E-state index is 11.1. The fourth-order valence-electron chi connectivity index (χ4n) is 1.46. The molecule has 0 saturated carbocycles. The topological polar surface area (TPSA) is 66.4 Å². The molecule has 0 aliphatic heterocycles. The van der Waals surface area contributed by atoms with Crippen LogP contribution >= 0.6 is 0 Å². The molecule has 16 heavy (non-hydrogen) atoms. The Balaban J connectivity index is 3.11. The Morgan fingerprint density at radius 2 is 2.00 bits per heavy atom. The van der Waals surface area contributed by atoms with Crippen LogP contribution in [0, 0.1) is 0 Å². The van der Waals surface area contributed by atoms with Crippen LogP contribution in [0.2, 0.25) is 0 Å². The second-order valence-electron chi connectivity index (χ2n) is 3.74. The molecular formula is C12H15NO3. The van der Waals surface area contributed by atoms with Crippen LogP contribution in [0.15, 0.2) is 24.3 Å². The second kappa shape index (κ2) is 4.79. The summed E-state index contributed by atoms with van der Waals surface area (Å²) in [4.78, 5) is 21.6. The number of carboxylic acid groups (broad SMARTS) is 1. The number of carbonyl (C=O) groups is 2. The van der Waals surface area contributed by atoms with Crippen LogP contribution in [0.5, 0.6) is 0 Å². The molecule has 1 unspecified atom stereocenters. The van der Waals surface area contributed by atoms with E-state index in [2.05, 4.69) is 5.32 Å². The van der Waals surface area contributed by atoms with Gasteiger partial charge in [-0.15, -0.1) is 0 Å². The van der Waals surface area contributed by atoms with Gasteiger partial charge in [0, 0.05) is 0 Å². The van der Waals surface area contributed by atoms with Crippen molar-refractivity contribution in [2.75, 3.05) is 0 Å². The molecule has 0 spiro atoms. The zero-order valence-corrected chi connectivity index (χ0v) is 9.36. The van der Waals surface area contributed by atoms with E-state index >= 15 is 0 Å². The third kappa shape index (κ3) is 2.21. The maximum absolute atomic E-state index is 11.1. The molecule has 1 aromatic carbocycles. The van der Waals surface area contributed by atoms with Gasteiger partial charge in [0.2, 0.25) is 6.41 Å². The van der Waals surface area contributed by atoms with Crippen LogP contribution < -0.4 is 5.32 Å². The van der Waals surface area contributed by atoms with E-state index in [0.29, 0.717) is 12.0 Å². The molecule has 0 bridgehead atoms. The molecular weight excluding hydrogens is 206 g/mol. The number of carboxylic acids is 1. The third-order valence-electron chi connectivity index (χ3n) is 2.71. The molecule has 0 aliphatic carbocycles. The monoisotopic (exact) mass is 221 g/mol. The van der Waals surface area contributed by atoms with Gasteiger partial charge in [0.05, 0.1) is 0 Å². The molecule has 0 radical (unpaired) electrons. The van der Waals surface area contributed by atoms with E-state index in [9.17, 15) is 9.59 Å². The predicted octanol–water partition coefficient (Wildman–Crippen LogP) is 1.29. The average Bonchev–Trinajstić information content (AvgIpc) is 2.29. The van der Waals surface area contributed by atoms with Gasteiger partial charge in [-0.1, -0.05) is 31.2 Å². The van der Waals surface area contributed by atoms with E-state index in [1.165, 1.54) is 6.92 Å². The lowest BCUT2D eigenvalue weighted by Gasteiger charge is -2.24. The van der Waals surface area contributed by atoms with Crippen molar-refractivity contribution in [3.8, 4) is 0 Å². The van der Waals surface area contributed by atoms with Crippen LogP contribution in [-0.2, 0) is 21.5 Å². The van der Waals surface area contributed by atoms with E-state index in [0.717, 1.165) is 12.0 Å². The molecule has 4 nitrogen and oxygen atoms in total. The summed E-state index contributed by atoms with van der Waals surface area (Å²) < 4.78 is 0. The van der Waals surface area contributed by atoms with Crippen LogP contribution in [0.4, 0.5) is 0 Å². The van der Waals surface area contributed by atoms with Crippen LogP contribution in [0.25, 0.3) is 0 Å². The van der Waals surface area contributed by atoms with Crippen molar-refractivity contribution in [1.29, 1.82) is 0 Å². The predicted molar refractivity (Wildman–Crippen MR) is 60.0 cm³/mol. The summed E-state index contributed by atoms with van der Waals surface area (Å²) in [7, 11) is 0. The maximum Gasteiger partial charge on any atom is 0.333 e. The minimum absolute atomic E-state index is 0.405. The Bertz CT molecular complexity index is 386. The smallest absolute Gasteiger partial charge is 0.333 e. The Morgan fingerprint density at radius 3 is 2.38 bits per heavy atom. The number of nitrogens with one attached hydrogen (secondary N) is 1. The Kier molecular flexibility index (Phi) is 3.66. The summed E-state index contributed by atoms with van der Waals surface area (Å²) >= 11 is 0. The first-order valence-corrected chi connectivity index (χ1v) is 5.08. The average molecular weight is 221 g/mol. The SMILES string of the molecule is CCc1ccc(C(C)(NC=O)C(=O)O)cc1. The molecule has 1 amide bonds. The number of amides is 1. The van der Waals surface area contributed by atoms with E-state index in [-0.39, 0.29) is 0 Å². The van der Waals surface area contributed by atoms with Gasteiger partial charge in [0.15, 0.2) is 5.54 Å². The first-order chi connectivity index (χ1) is 7.54. The van der Waals surface area contributed by atoms with Crippen LogP contribution in [0.1, 0.15) is 25.0 Å². The van der Waals surface area contributed by atoms with Crippen molar-refractivity contribution in [3.63, 3.8) is 0 Å². The molecule has 4 heteroatoms. The highest BCUT2D eigenvalue weighted by Crippen LogP contribution is 2.21. The standard InChI is InChI=1S/C12H15NO3/c1-3-9-4-6-10(7-5-9)12(2,11(15)16)13-8-14/h4-8H,3H2,1-2H3,(H,13,14)(H,15,16). The molecule has 1 rings (SSSR count). The number of hydrogen-bond donors (Lipinski definition) is 2. The largest absolute Gasteiger partial charge is 0.479 e. The van der Waals surface area contributed by atoms with Crippen molar-refractivity contribution in [1.82, 2.24) is 5.32 Å². The highest BCUT2D eigenvalue weighted by atomic mass is 16.4. The van der Waals surface area contributed by atoms with Crippen molar-refractivity contribution < 1.29 is 14.7 Å². The van der Waals surface area contributed by atoms with Crippen molar-refractivity contribution in [2.45, 2.75) is 25.8 Å². The number of carbonyl (C=O) groups excluding carboxylic acids is 1. The summed E-state index contributed by atoms with van der Waals surface area (Å²) in [5, 5.41) is 11.5. The van der Waals surface area contributed by atoms with Crippen LogP contribution in [0.3, 0.4) is 0 Å². The van der Waals surface area contributed by atoms with E-state index in [4.69, 9.17) is 5.11 Å². The third-order valence-corrected chi connectivity index (χ3v) is 2.71. The summed E-state index contributed by atoms with van der Waals surface area (Å²) in [5.74, 6) is -1.08. The Labute approximate surface area is 94.3 Å². The lowest BCUT2D eigenvalue weighted by atomic mass is 9.91.